The van der Waals surface area contributed by atoms with Crippen LogP contribution in [0.4, 0.5) is 0 Å². The van der Waals surface area contributed by atoms with Gasteiger partial charge in [0.15, 0.2) is 6.10 Å². The van der Waals surface area contributed by atoms with E-state index < -0.39 is 12.1 Å². The lowest BCUT2D eigenvalue weighted by atomic mass is 10.1. The van der Waals surface area contributed by atoms with Crippen molar-refractivity contribution in [3.8, 4) is 5.75 Å². The average Bonchev–Trinajstić information content (AvgIpc) is 2.37. The predicted octanol–water partition coefficient (Wildman–Crippen LogP) is 2.49. The molecule has 0 aliphatic rings. The van der Waals surface area contributed by atoms with Crippen LogP contribution in [-0.4, -0.2) is 36.2 Å². The highest BCUT2D eigenvalue weighted by atomic mass is 79.9. The van der Waals surface area contributed by atoms with Crippen molar-refractivity contribution in [3.63, 3.8) is 0 Å². The summed E-state index contributed by atoms with van der Waals surface area (Å²) in [5, 5.41) is 9.79. The Balaban J connectivity index is 2.51. The molecule has 1 aromatic rings. The van der Waals surface area contributed by atoms with Crippen molar-refractivity contribution >= 4 is 21.9 Å². The number of hydrogen-bond acceptors (Lipinski definition) is 3. The summed E-state index contributed by atoms with van der Waals surface area (Å²) in [6.45, 7) is 0.667. The van der Waals surface area contributed by atoms with Crippen LogP contribution in [-0.2, 0) is 16.0 Å². The maximum atomic E-state index is 10.8. The molecule has 1 atom stereocenters. The van der Waals surface area contributed by atoms with Crippen molar-refractivity contribution in [1.82, 2.24) is 0 Å². The van der Waals surface area contributed by atoms with E-state index in [9.17, 15) is 4.79 Å². The van der Waals surface area contributed by atoms with Crippen LogP contribution in [0.3, 0.4) is 0 Å². The van der Waals surface area contributed by atoms with Crippen LogP contribution in [0.5, 0.6) is 5.75 Å². The molecule has 0 bridgehead atoms. The van der Waals surface area contributed by atoms with Gasteiger partial charge in [0.25, 0.3) is 0 Å². The van der Waals surface area contributed by atoms with Crippen molar-refractivity contribution in [2.45, 2.75) is 18.9 Å². The van der Waals surface area contributed by atoms with Gasteiger partial charge in [0.1, 0.15) is 5.75 Å². The van der Waals surface area contributed by atoms with Crippen LogP contribution < -0.4 is 4.74 Å². The van der Waals surface area contributed by atoms with Gasteiger partial charge in [-0.15, -0.1) is 0 Å². The Morgan fingerprint density at radius 3 is 2.56 bits per heavy atom. The molecule has 5 heteroatoms. The Labute approximate surface area is 115 Å². The molecule has 0 amide bonds. The van der Waals surface area contributed by atoms with Gasteiger partial charge in [-0.05, 0) is 24.1 Å². The summed E-state index contributed by atoms with van der Waals surface area (Å²) < 4.78 is 10.4. The highest BCUT2D eigenvalue weighted by molar-refractivity contribution is 9.09. The third-order valence-corrected chi connectivity index (χ3v) is 3.01. The van der Waals surface area contributed by atoms with E-state index in [1.54, 1.807) is 0 Å². The lowest BCUT2D eigenvalue weighted by molar-refractivity contribution is -0.148. The van der Waals surface area contributed by atoms with Gasteiger partial charge < -0.3 is 14.6 Å². The number of alkyl halides is 1. The summed E-state index contributed by atoms with van der Waals surface area (Å²) in [6, 6.07) is 7.41. The molecule has 4 nitrogen and oxygen atoms in total. The molecule has 18 heavy (non-hydrogen) atoms. The summed E-state index contributed by atoms with van der Waals surface area (Å²) >= 11 is 3.33. The molecule has 0 spiro atoms. The second-order valence-electron chi connectivity index (χ2n) is 3.80. The van der Waals surface area contributed by atoms with Gasteiger partial charge >= 0.3 is 5.97 Å². The summed E-state index contributed by atoms with van der Waals surface area (Å²) in [4.78, 5) is 10.8. The van der Waals surface area contributed by atoms with Crippen LogP contribution in [0.15, 0.2) is 24.3 Å². The van der Waals surface area contributed by atoms with Gasteiger partial charge in [0.05, 0.1) is 6.61 Å². The number of hydrogen-bond donors (Lipinski definition) is 1. The van der Waals surface area contributed by atoms with Gasteiger partial charge in [-0.1, -0.05) is 28.1 Å². The molecule has 0 aliphatic carbocycles. The fraction of sp³-hybridized carbons (Fsp3) is 0.462. The fourth-order valence-corrected chi connectivity index (χ4v) is 1.68. The van der Waals surface area contributed by atoms with Gasteiger partial charge in [0, 0.05) is 18.9 Å². The van der Waals surface area contributed by atoms with E-state index in [0.29, 0.717) is 13.0 Å². The van der Waals surface area contributed by atoms with Crippen molar-refractivity contribution in [3.05, 3.63) is 29.8 Å². The first-order chi connectivity index (χ1) is 8.67. The molecule has 100 valence electrons. The van der Waals surface area contributed by atoms with Crippen molar-refractivity contribution in [2.75, 3.05) is 19.0 Å². The topological polar surface area (TPSA) is 55.8 Å². The molecule has 0 fully saturated rings. The van der Waals surface area contributed by atoms with Gasteiger partial charge in [-0.25, -0.2) is 4.79 Å². The first-order valence-electron chi connectivity index (χ1n) is 5.70. The third-order valence-electron chi connectivity index (χ3n) is 2.45. The SMILES string of the molecule is COC(Cc1ccc(OCCCBr)cc1)C(=O)O. The molecule has 0 saturated carbocycles. The molecule has 1 N–H and O–H groups in total. The Morgan fingerprint density at radius 2 is 2.06 bits per heavy atom. The molecular weight excluding hydrogens is 300 g/mol. The van der Waals surface area contributed by atoms with Crippen molar-refractivity contribution in [2.24, 2.45) is 0 Å². The van der Waals surface area contributed by atoms with E-state index in [4.69, 9.17) is 14.6 Å². The molecule has 0 aliphatic heterocycles. The molecule has 0 heterocycles. The van der Waals surface area contributed by atoms with E-state index in [1.165, 1.54) is 7.11 Å². The monoisotopic (exact) mass is 316 g/mol. The minimum Gasteiger partial charge on any atom is -0.494 e. The Morgan fingerprint density at radius 1 is 1.39 bits per heavy atom. The minimum atomic E-state index is -0.949. The number of carbonyl (C=O) groups is 1. The molecule has 1 unspecified atom stereocenters. The normalized spacial score (nSPS) is 12.1. The zero-order valence-electron chi connectivity index (χ0n) is 10.3. The number of ether oxygens (including phenoxy) is 2. The smallest absolute Gasteiger partial charge is 0.333 e. The number of halogens is 1. The zero-order valence-corrected chi connectivity index (χ0v) is 11.9. The van der Waals surface area contributed by atoms with E-state index in [1.807, 2.05) is 24.3 Å². The van der Waals surface area contributed by atoms with E-state index >= 15 is 0 Å². The molecule has 0 saturated heterocycles. The van der Waals surface area contributed by atoms with Gasteiger partial charge in [0.2, 0.25) is 0 Å². The lowest BCUT2D eigenvalue weighted by Gasteiger charge is -2.11. The second-order valence-corrected chi connectivity index (χ2v) is 4.59. The number of benzene rings is 1. The van der Waals surface area contributed by atoms with Crippen molar-refractivity contribution < 1.29 is 19.4 Å². The Bertz CT molecular complexity index is 364. The Hall–Kier alpha value is -1.07. The van der Waals surface area contributed by atoms with Crippen molar-refractivity contribution in [1.29, 1.82) is 0 Å². The number of methoxy groups -OCH3 is 1. The fourth-order valence-electron chi connectivity index (χ4n) is 1.45. The van der Waals surface area contributed by atoms with Crippen LogP contribution in [0.1, 0.15) is 12.0 Å². The maximum Gasteiger partial charge on any atom is 0.333 e. The van der Waals surface area contributed by atoms with E-state index in [0.717, 1.165) is 23.1 Å². The summed E-state index contributed by atoms with van der Waals surface area (Å²) in [6.07, 6.45) is 0.505. The molecule has 1 aromatic carbocycles. The molecule has 0 aromatic heterocycles. The number of aliphatic carboxylic acids is 1. The quantitative estimate of drug-likeness (QED) is 0.591. The van der Waals surface area contributed by atoms with E-state index in [2.05, 4.69) is 15.9 Å². The van der Waals surface area contributed by atoms with Crippen LogP contribution >= 0.6 is 15.9 Å². The van der Waals surface area contributed by atoms with Gasteiger partial charge in [-0.3, -0.25) is 0 Å². The maximum absolute atomic E-state index is 10.8. The summed E-state index contributed by atoms with van der Waals surface area (Å²) in [5.74, 6) is -0.154. The lowest BCUT2D eigenvalue weighted by Crippen LogP contribution is -2.24. The minimum absolute atomic E-state index is 0.355. The standard InChI is InChI=1S/C13H17BrO4/c1-17-12(13(15)16)9-10-3-5-11(6-4-10)18-8-2-7-14/h3-6,12H,2,7-9H2,1H3,(H,15,16). The first kappa shape index (κ1) is 15.0. The van der Waals surface area contributed by atoms with Crippen LogP contribution in [0.25, 0.3) is 0 Å². The predicted molar refractivity (Wildman–Crippen MR) is 72.5 cm³/mol. The molecule has 1 rings (SSSR count). The Kier molecular flexibility index (Phi) is 6.75. The number of carboxylic acid groups (broad SMARTS) is 1. The molecule has 0 radical (unpaired) electrons. The number of carboxylic acids is 1. The molecular formula is C13H17BrO4. The van der Waals surface area contributed by atoms with Crippen LogP contribution in [0, 0.1) is 0 Å². The largest absolute Gasteiger partial charge is 0.494 e. The highest BCUT2D eigenvalue weighted by Gasteiger charge is 2.16. The zero-order chi connectivity index (χ0) is 13.4. The van der Waals surface area contributed by atoms with E-state index in [-0.39, 0.29) is 0 Å². The van der Waals surface area contributed by atoms with Crippen LogP contribution in [0.2, 0.25) is 0 Å². The van der Waals surface area contributed by atoms with Gasteiger partial charge in [-0.2, -0.15) is 0 Å². The third kappa shape index (κ3) is 5.06. The second kappa shape index (κ2) is 8.11. The highest BCUT2D eigenvalue weighted by Crippen LogP contribution is 2.14. The summed E-state index contributed by atoms with van der Waals surface area (Å²) in [5.41, 5.74) is 0.914. The summed E-state index contributed by atoms with van der Waals surface area (Å²) in [7, 11) is 1.40. The average molecular weight is 317 g/mol. The first-order valence-corrected chi connectivity index (χ1v) is 6.83. The number of rotatable bonds is 8.